The number of halogens is 10. The molecule has 0 aromatic heterocycles. The van der Waals surface area contributed by atoms with Gasteiger partial charge >= 0.3 is 32.8 Å². The fourth-order valence-corrected chi connectivity index (χ4v) is 3.70. The van der Waals surface area contributed by atoms with E-state index in [-0.39, 0.29) is 6.07 Å². The van der Waals surface area contributed by atoms with Crippen molar-refractivity contribution in [2.75, 3.05) is 0 Å². The van der Waals surface area contributed by atoms with Gasteiger partial charge in [0.2, 0.25) is 0 Å². The van der Waals surface area contributed by atoms with Crippen molar-refractivity contribution in [1.82, 2.24) is 0 Å². The lowest BCUT2D eigenvalue weighted by Crippen LogP contribution is -2.57. The maximum Gasteiger partial charge on any atom is 0.460 e. The van der Waals surface area contributed by atoms with E-state index in [0.717, 1.165) is 0 Å². The number of alkyl halides is 8. The number of hydrogen-bond donors (Lipinski definition) is 1. The van der Waals surface area contributed by atoms with Gasteiger partial charge in [0.1, 0.15) is 16.5 Å². The molecule has 6 nitrogen and oxygen atoms in total. The molecule has 0 atom stereocenters. The Hall–Kier alpha value is -1.66. The van der Waals surface area contributed by atoms with E-state index in [2.05, 4.69) is 0 Å². The fourth-order valence-electron chi connectivity index (χ4n) is 1.85. The van der Waals surface area contributed by atoms with Crippen LogP contribution in [0.25, 0.3) is 0 Å². The van der Waals surface area contributed by atoms with Crippen LogP contribution in [-0.2, 0) is 24.7 Å². The fraction of sp³-hybridized carbons (Fsp3) is 0.500. The van der Waals surface area contributed by atoms with Crippen molar-refractivity contribution in [2.24, 2.45) is 0 Å². The van der Waals surface area contributed by atoms with Crippen LogP contribution < -0.4 is 0 Å². The highest BCUT2D eigenvalue weighted by atomic mass is 32.2. The molecule has 0 heterocycles. The summed E-state index contributed by atoms with van der Waals surface area (Å²) in [7, 11) is -14.4. The summed E-state index contributed by atoms with van der Waals surface area (Å²) < 4.78 is 189. The smallest absolute Gasteiger partial charge is 0.281 e. The largest absolute Gasteiger partial charge is 0.460 e. The first kappa shape index (κ1) is 26.4. The SMILES string of the molecule is Cc1cc(F)c(C)c(S(=O)(=O)C(F)(F)C(F)(F)OC(F)(F)C(F)(F)S(=O)(=O)O)c1F. The zero-order chi connectivity index (χ0) is 24.3. The molecular weight excluding hydrogens is 494 g/mol. The Morgan fingerprint density at radius 3 is 1.63 bits per heavy atom. The van der Waals surface area contributed by atoms with Gasteiger partial charge in [0.05, 0.1) is 0 Å². The summed E-state index contributed by atoms with van der Waals surface area (Å²) in [6.45, 7) is 0.950. The Bertz CT molecular complexity index is 1040. The summed E-state index contributed by atoms with van der Waals surface area (Å²) in [6, 6.07) is 0.275. The van der Waals surface area contributed by atoms with Gasteiger partial charge in [-0.05, 0) is 25.5 Å². The molecule has 0 spiro atoms. The van der Waals surface area contributed by atoms with Gasteiger partial charge in [-0.1, -0.05) is 0 Å². The van der Waals surface area contributed by atoms with Gasteiger partial charge in [-0.15, -0.1) is 0 Å². The molecule has 0 saturated carbocycles. The van der Waals surface area contributed by atoms with Gasteiger partial charge in [0.25, 0.3) is 9.84 Å². The highest BCUT2D eigenvalue weighted by Gasteiger charge is 2.77. The third-order valence-corrected chi connectivity index (χ3v) is 6.27. The van der Waals surface area contributed by atoms with Crippen LogP contribution in [0, 0.1) is 25.5 Å². The standard InChI is InChI=1S/C12H8F10O6S2/c1-4-3-6(13)5(2)8(7(4)14)29(23,24)11(19,20)9(15,16)28-10(17,18)12(21,22)30(25,26)27/h3H,1-2H3,(H,25,26,27). The summed E-state index contributed by atoms with van der Waals surface area (Å²) in [5.74, 6) is -3.89. The number of rotatable bonds is 7. The van der Waals surface area contributed by atoms with Gasteiger partial charge in [0, 0.05) is 5.56 Å². The van der Waals surface area contributed by atoms with Gasteiger partial charge in [0.15, 0.2) is 0 Å². The topological polar surface area (TPSA) is 97.7 Å². The number of hydrogen-bond acceptors (Lipinski definition) is 5. The number of sulfone groups is 1. The van der Waals surface area contributed by atoms with Crippen LogP contribution in [0.4, 0.5) is 43.9 Å². The molecule has 30 heavy (non-hydrogen) atoms. The lowest BCUT2D eigenvalue weighted by Gasteiger charge is -2.31. The number of aryl methyl sites for hydroxylation is 1. The molecule has 0 saturated heterocycles. The van der Waals surface area contributed by atoms with Crippen LogP contribution in [0.15, 0.2) is 11.0 Å². The molecule has 0 aliphatic carbocycles. The molecule has 0 fully saturated rings. The van der Waals surface area contributed by atoms with Gasteiger partial charge in [-0.25, -0.2) is 21.9 Å². The van der Waals surface area contributed by atoms with Gasteiger partial charge in [-0.2, -0.15) is 43.5 Å². The van der Waals surface area contributed by atoms with Crippen molar-refractivity contribution >= 4 is 20.0 Å². The molecular formula is C12H8F10O6S2. The van der Waals surface area contributed by atoms with Gasteiger partial charge < -0.3 is 0 Å². The van der Waals surface area contributed by atoms with Crippen molar-refractivity contribution in [3.05, 3.63) is 28.8 Å². The van der Waals surface area contributed by atoms with Crippen molar-refractivity contribution in [3.8, 4) is 0 Å². The summed E-state index contributed by atoms with van der Waals surface area (Å²) >= 11 is 0. The predicted molar refractivity (Wildman–Crippen MR) is 75.4 cm³/mol. The van der Waals surface area contributed by atoms with E-state index in [4.69, 9.17) is 4.55 Å². The molecule has 18 heteroatoms. The maximum absolute atomic E-state index is 14.0. The molecule has 1 N–H and O–H groups in total. The summed E-state index contributed by atoms with van der Waals surface area (Å²) in [4.78, 5) is -2.42. The third-order valence-electron chi connectivity index (χ3n) is 3.45. The van der Waals surface area contributed by atoms with E-state index >= 15 is 0 Å². The Kier molecular flexibility index (Phi) is 6.33. The highest BCUT2D eigenvalue weighted by Crippen LogP contribution is 2.50. The second-order valence-electron chi connectivity index (χ2n) is 5.59. The molecule has 1 rings (SSSR count). The third kappa shape index (κ3) is 3.84. The van der Waals surface area contributed by atoms with E-state index in [1.165, 1.54) is 0 Å². The van der Waals surface area contributed by atoms with Crippen LogP contribution in [0.3, 0.4) is 0 Å². The highest BCUT2D eigenvalue weighted by molar-refractivity contribution is 7.92. The maximum atomic E-state index is 14.0. The molecule has 0 aliphatic heterocycles. The molecule has 174 valence electrons. The average molecular weight is 502 g/mol. The summed E-state index contributed by atoms with van der Waals surface area (Å²) in [5.41, 5.74) is -2.50. The Morgan fingerprint density at radius 2 is 1.23 bits per heavy atom. The first-order chi connectivity index (χ1) is 13.0. The lowest BCUT2D eigenvalue weighted by atomic mass is 10.1. The van der Waals surface area contributed by atoms with Crippen molar-refractivity contribution in [2.45, 2.75) is 41.5 Å². The molecule has 0 radical (unpaired) electrons. The minimum atomic E-state index is -7.24. The van der Waals surface area contributed by atoms with Crippen molar-refractivity contribution in [1.29, 1.82) is 0 Å². The van der Waals surface area contributed by atoms with Crippen LogP contribution in [0.5, 0.6) is 0 Å². The van der Waals surface area contributed by atoms with Crippen LogP contribution in [-0.4, -0.2) is 44.1 Å². The molecule has 0 unspecified atom stereocenters. The van der Waals surface area contributed by atoms with E-state index in [0.29, 0.717) is 13.8 Å². The minimum Gasteiger partial charge on any atom is -0.281 e. The van der Waals surface area contributed by atoms with Crippen LogP contribution in [0.2, 0.25) is 0 Å². The van der Waals surface area contributed by atoms with Crippen LogP contribution >= 0.6 is 0 Å². The lowest BCUT2D eigenvalue weighted by molar-refractivity contribution is -0.442. The molecule has 0 bridgehead atoms. The monoisotopic (exact) mass is 502 g/mol. The first-order valence-electron chi connectivity index (χ1n) is 6.84. The normalized spacial score (nSPS) is 14.8. The first-order valence-corrected chi connectivity index (χ1v) is 9.76. The van der Waals surface area contributed by atoms with E-state index in [1.54, 1.807) is 0 Å². The Balaban J connectivity index is 3.68. The van der Waals surface area contributed by atoms with E-state index in [1.807, 2.05) is 4.74 Å². The Labute approximate surface area is 161 Å². The zero-order valence-electron chi connectivity index (χ0n) is 14.2. The van der Waals surface area contributed by atoms with Crippen molar-refractivity contribution in [3.63, 3.8) is 0 Å². The summed E-state index contributed by atoms with van der Waals surface area (Å²) in [5, 5.41) is -13.9. The van der Waals surface area contributed by atoms with E-state index < -0.39 is 70.3 Å². The predicted octanol–water partition coefficient (Wildman–Crippen LogP) is 3.63. The quantitative estimate of drug-likeness (QED) is 0.452. The van der Waals surface area contributed by atoms with Gasteiger partial charge in [-0.3, -0.25) is 4.55 Å². The second kappa shape index (κ2) is 7.20. The minimum absolute atomic E-state index is 0.275. The van der Waals surface area contributed by atoms with E-state index in [9.17, 15) is 60.7 Å². The molecule has 1 aromatic carbocycles. The van der Waals surface area contributed by atoms with Crippen LogP contribution in [0.1, 0.15) is 11.1 Å². The summed E-state index contributed by atoms with van der Waals surface area (Å²) in [6.07, 6.45) is -14.3. The molecule has 0 amide bonds. The average Bonchev–Trinajstić information content (AvgIpc) is 2.50. The molecule has 0 aliphatic rings. The number of benzene rings is 1. The molecule has 1 aromatic rings. The zero-order valence-corrected chi connectivity index (χ0v) is 15.8. The Morgan fingerprint density at radius 1 is 0.833 bits per heavy atom. The van der Waals surface area contributed by atoms with Crippen molar-refractivity contribution < 1.29 is 70.0 Å². The number of ether oxygens (including phenoxy) is 1. The second-order valence-corrected chi connectivity index (χ2v) is 8.98.